The van der Waals surface area contributed by atoms with Gasteiger partial charge in [0, 0.05) is 29.3 Å². The van der Waals surface area contributed by atoms with Crippen molar-refractivity contribution in [3.8, 4) is 17.2 Å². The number of nitrogens with one attached hydrogen (secondary N) is 1. The molecule has 1 heterocycles. The van der Waals surface area contributed by atoms with Gasteiger partial charge in [0.05, 0.1) is 0 Å². The van der Waals surface area contributed by atoms with Crippen LogP contribution >= 0.6 is 0 Å². The molecule has 0 unspecified atom stereocenters. The monoisotopic (exact) mass is 387 g/mol. The Hall–Kier alpha value is -4.06. The minimum atomic E-state index is -0.440. The molecular formula is C23H17NO5. The van der Waals surface area contributed by atoms with Gasteiger partial charge in [0.25, 0.3) is 5.91 Å². The van der Waals surface area contributed by atoms with E-state index in [9.17, 15) is 9.59 Å². The molecule has 0 bridgehead atoms. The highest BCUT2D eigenvalue weighted by Gasteiger charge is 2.07. The third kappa shape index (κ3) is 4.81. The van der Waals surface area contributed by atoms with Crippen LogP contribution in [0.15, 0.2) is 94.1 Å². The maximum atomic E-state index is 12.2. The Kier molecular flexibility index (Phi) is 5.25. The van der Waals surface area contributed by atoms with Crippen LogP contribution in [0.5, 0.6) is 17.2 Å². The number of benzene rings is 3. The number of amides is 1. The summed E-state index contributed by atoms with van der Waals surface area (Å²) in [5, 5.41) is 3.54. The number of fused-ring (bicyclic) bond motifs is 1. The molecule has 0 fully saturated rings. The number of anilines is 1. The van der Waals surface area contributed by atoms with Gasteiger partial charge in [-0.2, -0.15) is 0 Å². The van der Waals surface area contributed by atoms with Gasteiger partial charge in [-0.15, -0.1) is 0 Å². The Morgan fingerprint density at radius 2 is 1.62 bits per heavy atom. The van der Waals surface area contributed by atoms with Crippen LogP contribution in [0.2, 0.25) is 0 Å². The second-order valence-electron chi connectivity index (χ2n) is 6.23. The van der Waals surface area contributed by atoms with Crippen molar-refractivity contribution in [2.45, 2.75) is 0 Å². The van der Waals surface area contributed by atoms with Crippen molar-refractivity contribution < 1.29 is 18.7 Å². The van der Waals surface area contributed by atoms with E-state index in [1.807, 2.05) is 36.4 Å². The summed E-state index contributed by atoms with van der Waals surface area (Å²) in [6.07, 6.45) is 0. The molecule has 0 aliphatic rings. The van der Waals surface area contributed by atoms with E-state index in [1.165, 1.54) is 6.07 Å². The van der Waals surface area contributed by atoms with Crippen molar-refractivity contribution in [3.05, 3.63) is 95.3 Å². The summed E-state index contributed by atoms with van der Waals surface area (Å²) >= 11 is 0. The fourth-order valence-corrected chi connectivity index (χ4v) is 2.74. The van der Waals surface area contributed by atoms with E-state index < -0.39 is 5.63 Å². The number of rotatable bonds is 6. The highest BCUT2D eigenvalue weighted by atomic mass is 16.5. The molecule has 0 aliphatic heterocycles. The highest BCUT2D eigenvalue weighted by molar-refractivity contribution is 5.92. The molecule has 144 valence electrons. The third-order valence-electron chi connectivity index (χ3n) is 4.06. The SMILES string of the molecule is O=C(COc1ccc2ccc(=O)oc2c1)Nc1cccc(Oc2ccccc2)c1. The van der Waals surface area contributed by atoms with Crippen molar-refractivity contribution in [1.29, 1.82) is 0 Å². The standard InChI is InChI=1S/C23H17NO5/c25-22(15-27-19-11-9-16-10-12-23(26)29-21(16)14-19)24-17-5-4-8-20(13-17)28-18-6-2-1-3-7-18/h1-14H,15H2,(H,24,25). The zero-order chi connectivity index (χ0) is 20.1. The predicted octanol–water partition coefficient (Wildman–Crippen LogP) is 4.60. The molecule has 29 heavy (non-hydrogen) atoms. The number of hydrogen-bond acceptors (Lipinski definition) is 5. The van der Waals surface area contributed by atoms with Crippen molar-refractivity contribution in [2.24, 2.45) is 0 Å². The van der Waals surface area contributed by atoms with E-state index in [2.05, 4.69) is 5.32 Å². The van der Waals surface area contributed by atoms with Crippen LogP contribution in [-0.4, -0.2) is 12.5 Å². The van der Waals surface area contributed by atoms with Crippen molar-refractivity contribution in [3.63, 3.8) is 0 Å². The molecule has 3 aromatic carbocycles. The van der Waals surface area contributed by atoms with E-state index in [1.54, 1.807) is 42.5 Å². The van der Waals surface area contributed by atoms with E-state index in [0.29, 0.717) is 28.5 Å². The molecule has 0 atom stereocenters. The van der Waals surface area contributed by atoms with Gasteiger partial charge in [0.1, 0.15) is 22.8 Å². The van der Waals surface area contributed by atoms with Crippen LogP contribution in [-0.2, 0) is 4.79 Å². The highest BCUT2D eigenvalue weighted by Crippen LogP contribution is 2.24. The third-order valence-corrected chi connectivity index (χ3v) is 4.06. The molecule has 0 radical (unpaired) electrons. The second-order valence-corrected chi connectivity index (χ2v) is 6.23. The molecule has 1 amide bonds. The van der Waals surface area contributed by atoms with E-state index >= 15 is 0 Å². The normalized spacial score (nSPS) is 10.5. The summed E-state index contributed by atoms with van der Waals surface area (Å²) in [6, 6.07) is 24.6. The van der Waals surface area contributed by atoms with Crippen LogP contribution < -0.4 is 20.4 Å². The minimum Gasteiger partial charge on any atom is -0.484 e. The van der Waals surface area contributed by atoms with Gasteiger partial charge in [-0.05, 0) is 42.5 Å². The Bertz CT molecular complexity index is 1200. The number of ether oxygens (including phenoxy) is 2. The quantitative estimate of drug-likeness (QED) is 0.489. The molecule has 4 rings (SSSR count). The van der Waals surface area contributed by atoms with Gasteiger partial charge >= 0.3 is 5.63 Å². The van der Waals surface area contributed by atoms with Crippen LogP contribution in [0.3, 0.4) is 0 Å². The largest absolute Gasteiger partial charge is 0.484 e. The van der Waals surface area contributed by atoms with Gasteiger partial charge in [-0.25, -0.2) is 4.79 Å². The van der Waals surface area contributed by atoms with Crippen LogP contribution in [0.1, 0.15) is 0 Å². The lowest BCUT2D eigenvalue weighted by Gasteiger charge is -2.10. The van der Waals surface area contributed by atoms with E-state index in [0.717, 1.165) is 5.39 Å². The van der Waals surface area contributed by atoms with Crippen LogP contribution in [0, 0.1) is 0 Å². The molecule has 1 N–H and O–H groups in total. The Morgan fingerprint density at radius 3 is 2.48 bits per heavy atom. The van der Waals surface area contributed by atoms with Gasteiger partial charge in [-0.3, -0.25) is 4.79 Å². The molecule has 0 spiro atoms. The van der Waals surface area contributed by atoms with E-state index in [-0.39, 0.29) is 12.5 Å². The molecule has 6 nitrogen and oxygen atoms in total. The Labute approximate surface area is 166 Å². The fraction of sp³-hybridized carbons (Fsp3) is 0.0435. The van der Waals surface area contributed by atoms with Gasteiger partial charge < -0.3 is 19.2 Å². The smallest absolute Gasteiger partial charge is 0.336 e. The first kappa shape index (κ1) is 18.3. The molecule has 0 saturated heterocycles. The zero-order valence-electron chi connectivity index (χ0n) is 15.3. The summed E-state index contributed by atoms with van der Waals surface area (Å²) < 4.78 is 16.4. The lowest BCUT2D eigenvalue weighted by atomic mass is 10.2. The second kappa shape index (κ2) is 8.31. The van der Waals surface area contributed by atoms with Crippen molar-refractivity contribution in [1.82, 2.24) is 0 Å². The summed E-state index contributed by atoms with van der Waals surface area (Å²) in [4.78, 5) is 23.5. The molecule has 1 aromatic heterocycles. The van der Waals surface area contributed by atoms with E-state index in [4.69, 9.17) is 13.9 Å². The van der Waals surface area contributed by atoms with Gasteiger partial charge in [0.2, 0.25) is 0 Å². The number of carbonyl (C=O) groups is 1. The minimum absolute atomic E-state index is 0.188. The molecule has 4 aromatic rings. The van der Waals surface area contributed by atoms with Crippen LogP contribution in [0.25, 0.3) is 11.0 Å². The molecule has 0 saturated carbocycles. The first-order chi connectivity index (χ1) is 14.2. The summed E-state index contributed by atoms with van der Waals surface area (Å²) in [5.41, 5.74) is 0.558. The van der Waals surface area contributed by atoms with Gasteiger partial charge in [0.15, 0.2) is 6.61 Å². The van der Waals surface area contributed by atoms with Crippen molar-refractivity contribution in [2.75, 3.05) is 11.9 Å². The fourth-order valence-electron chi connectivity index (χ4n) is 2.74. The molecule has 6 heteroatoms. The maximum absolute atomic E-state index is 12.2. The first-order valence-corrected chi connectivity index (χ1v) is 8.95. The Balaban J connectivity index is 1.37. The number of carbonyl (C=O) groups excluding carboxylic acids is 1. The summed E-state index contributed by atoms with van der Waals surface area (Å²) in [7, 11) is 0. The lowest BCUT2D eigenvalue weighted by molar-refractivity contribution is -0.118. The Morgan fingerprint density at radius 1 is 0.828 bits per heavy atom. The number of hydrogen-bond donors (Lipinski definition) is 1. The predicted molar refractivity (Wildman–Crippen MR) is 110 cm³/mol. The van der Waals surface area contributed by atoms with Crippen molar-refractivity contribution >= 4 is 22.6 Å². The van der Waals surface area contributed by atoms with Crippen LogP contribution in [0.4, 0.5) is 5.69 Å². The average molecular weight is 387 g/mol. The topological polar surface area (TPSA) is 77.8 Å². The maximum Gasteiger partial charge on any atom is 0.336 e. The molecule has 0 aliphatic carbocycles. The molecular weight excluding hydrogens is 370 g/mol. The first-order valence-electron chi connectivity index (χ1n) is 8.95. The summed E-state index contributed by atoms with van der Waals surface area (Å²) in [5.74, 6) is 1.43. The summed E-state index contributed by atoms with van der Waals surface area (Å²) in [6.45, 7) is -0.188. The lowest BCUT2D eigenvalue weighted by Crippen LogP contribution is -2.20. The number of para-hydroxylation sites is 1. The van der Waals surface area contributed by atoms with Gasteiger partial charge in [-0.1, -0.05) is 24.3 Å². The zero-order valence-corrected chi connectivity index (χ0v) is 15.3. The average Bonchev–Trinajstić information content (AvgIpc) is 2.73.